The lowest BCUT2D eigenvalue weighted by molar-refractivity contribution is -0.116. The van der Waals surface area contributed by atoms with Crippen LogP contribution in [0.5, 0.6) is 0 Å². The number of benzene rings is 2. The van der Waals surface area contributed by atoms with Crippen LogP contribution < -0.4 is 4.90 Å². The first-order valence-electron chi connectivity index (χ1n) is 6.48. The molecule has 0 radical (unpaired) electrons. The van der Waals surface area contributed by atoms with Crippen LogP contribution in [0.4, 0.5) is 5.69 Å². The molecule has 0 aliphatic heterocycles. The highest BCUT2D eigenvalue weighted by Gasteiger charge is 2.16. The fraction of sp³-hybridized carbons (Fsp3) is 0.235. The van der Waals surface area contributed by atoms with Crippen LogP contribution in [0.1, 0.15) is 23.6 Å². The van der Waals surface area contributed by atoms with Crippen LogP contribution in [0.2, 0.25) is 0 Å². The number of anilines is 1. The third kappa shape index (κ3) is 3.02. The quantitative estimate of drug-likeness (QED) is 0.813. The van der Waals surface area contributed by atoms with Crippen molar-refractivity contribution in [2.45, 2.75) is 27.3 Å². The maximum Gasteiger partial charge on any atom is 0.224 e. The van der Waals surface area contributed by atoms with E-state index in [9.17, 15) is 4.79 Å². The van der Waals surface area contributed by atoms with Crippen molar-refractivity contribution < 1.29 is 4.79 Å². The van der Waals surface area contributed by atoms with Gasteiger partial charge in [0.25, 0.3) is 0 Å². The van der Waals surface area contributed by atoms with Crippen molar-refractivity contribution >= 4 is 11.6 Å². The number of aryl methyl sites for hydroxylation is 2. The van der Waals surface area contributed by atoms with E-state index in [1.54, 1.807) is 6.92 Å². The molecule has 2 nitrogen and oxygen atoms in total. The Labute approximate surface area is 114 Å². The summed E-state index contributed by atoms with van der Waals surface area (Å²) in [6, 6.07) is 16.2. The van der Waals surface area contributed by atoms with Gasteiger partial charge in [0.1, 0.15) is 0 Å². The Balaban J connectivity index is 2.39. The van der Waals surface area contributed by atoms with E-state index in [2.05, 4.69) is 0 Å². The second-order valence-electron chi connectivity index (χ2n) is 4.83. The van der Waals surface area contributed by atoms with E-state index >= 15 is 0 Å². The minimum Gasteiger partial charge on any atom is -0.308 e. The third-order valence-corrected chi connectivity index (χ3v) is 3.27. The van der Waals surface area contributed by atoms with Crippen LogP contribution in [0, 0.1) is 13.8 Å². The first-order chi connectivity index (χ1) is 9.09. The molecule has 0 heterocycles. The number of carbonyl (C=O) groups excluding carboxylic acids is 1. The van der Waals surface area contributed by atoms with E-state index in [0.717, 1.165) is 22.4 Å². The molecule has 0 bridgehead atoms. The highest BCUT2D eigenvalue weighted by atomic mass is 16.2. The summed E-state index contributed by atoms with van der Waals surface area (Å²) < 4.78 is 0. The number of hydrogen-bond donors (Lipinski definition) is 0. The van der Waals surface area contributed by atoms with Crippen LogP contribution in [-0.4, -0.2) is 5.91 Å². The summed E-state index contributed by atoms with van der Waals surface area (Å²) in [7, 11) is 0. The monoisotopic (exact) mass is 253 g/mol. The molecule has 2 heteroatoms. The highest BCUT2D eigenvalue weighted by molar-refractivity contribution is 5.93. The summed E-state index contributed by atoms with van der Waals surface area (Å²) in [6.45, 7) is 6.32. The fourth-order valence-corrected chi connectivity index (χ4v) is 2.35. The maximum absolute atomic E-state index is 12.0. The molecule has 2 rings (SSSR count). The third-order valence-electron chi connectivity index (χ3n) is 3.27. The zero-order chi connectivity index (χ0) is 13.8. The average molecular weight is 253 g/mol. The van der Waals surface area contributed by atoms with E-state index < -0.39 is 0 Å². The molecule has 0 saturated carbocycles. The molecule has 1 amide bonds. The van der Waals surface area contributed by atoms with Gasteiger partial charge in [-0.05, 0) is 30.5 Å². The van der Waals surface area contributed by atoms with Gasteiger partial charge in [-0.1, -0.05) is 48.5 Å². The number of nitrogens with zero attached hydrogens (tertiary/aromatic N) is 1. The van der Waals surface area contributed by atoms with Gasteiger partial charge in [-0.25, -0.2) is 0 Å². The van der Waals surface area contributed by atoms with Gasteiger partial charge >= 0.3 is 0 Å². The van der Waals surface area contributed by atoms with Crippen LogP contribution in [0.25, 0.3) is 0 Å². The number of carbonyl (C=O) groups is 1. The minimum atomic E-state index is 0.0706. The summed E-state index contributed by atoms with van der Waals surface area (Å²) in [5.74, 6) is 0.0706. The van der Waals surface area contributed by atoms with Crippen molar-refractivity contribution in [3.05, 3.63) is 65.2 Å². The fourth-order valence-electron chi connectivity index (χ4n) is 2.35. The molecule has 0 saturated heterocycles. The maximum atomic E-state index is 12.0. The van der Waals surface area contributed by atoms with Crippen LogP contribution in [0.15, 0.2) is 48.5 Å². The summed E-state index contributed by atoms with van der Waals surface area (Å²) >= 11 is 0. The molecule has 19 heavy (non-hydrogen) atoms. The van der Waals surface area contributed by atoms with Crippen molar-refractivity contribution in [3.63, 3.8) is 0 Å². The number of rotatable bonds is 3. The first kappa shape index (κ1) is 13.3. The van der Waals surface area contributed by atoms with Gasteiger partial charge in [0, 0.05) is 12.6 Å². The van der Waals surface area contributed by atoms with Crippen LogP contribution in [-0.2, 0) is 11.3 Å². The van der Waals surface area contributed by atoms with Crippen LogP contribution in [0.3, 0.4) is 0 Å². The Kier molecular flexibility index (Phi) is 4.00. The van der Waals surface area contributed by atoms with E-state index in [-0.39, 0.29) is 5.91 Å². The summed E-state index contributed by atoms with van der Waals surface area (Å²) in [5, 5.41) is 0. The van der Waals surface area contributed by atoms with E-state index in [4.69, 9.17) is 0 Å². The Morgan fingerprint density at radius 3 is 2.05 bits per heavy atom. The molecule has 2 aromatic rings. The number of para-hydroxylation sites is 1. The highest BCUT2D eigenvalue weighted by Crippen LogP contribution is 2.26. The van der Waals surface area contributed by atoms with Crippen molar-refractivity contribution in [2.24, 2.45) is 0 Å². The molecule has 0 atom stereocenters. The SMILES string of the molecule is CC(=O)N(Cc1ccccc1)c1c(C)cccc1C. The molecule has 0 aromatic heterocycles. The summed E-state index contributed by atoms with van der Waals surface area (Å²) in [5.41, 5.74) is 4.43. The van der Waals surface area contributed by atoms with Crippen molar-refractivity contribution in [1.29, 1.82) is 0 Å². The topological polar surface area (TPSA) is 20.3 Å². The molecule has 98 valence electrons. The Hall–Kier alpha value is -2.09. The molecule has 0 fully saturated rings. The van der Waals surface area contributed by atoms with Gasteiger partial charge < -0.3 is 4.90 Å². The van der Waals surface area contributed by atoms with Gasteiger partial charge in [0.2, 0.25) is 5.91 Å². The lowest BCUT2D eigenvalue weighted by Gasteiger charge is -2.25. The van der Waals surface area contributed by atoms with E-state index in [1.165, 1.54) is 0 Å². The van der Waals surface area contributed by atoms with Crippen molar-refractivity contribution in [3.8, 4) is 0 Å². The Morgan fingerprint density at radius 1 is 0.947 bits per heavy atom. The molecule has 0 aliphatic rings. The first-order valence-corrected chi connectivity index (χ1v) is 6.48. The molecule has 0 unspecified atom stereocenters. The zero-order valence-corrected chi connectivity index (χ0v) is 11.7. The minimum absolute atomic E-state index is 0.0706. The van der Waals surface area contributed by atoms with Crippen molar-refractivity contribution in [1.82, 2.24) is 0 Å². The molecular formula is C17H19NO. The largest absolute Gasteiger partial charge is 0.308 e. The second kappa shape index (κ2) is 5.70. The smallest absolute Gasteiger partial charge is 0.224 e. The average Bonchev–Trinajstić information content (AvgIpc) is 2.38. The summed E-state index contributed by atoms with van der Waals surface area (Å²) in [4.78, 5) is 13.8. The Morgan fingerprint density at radius 2 is 1.53 bits per heavy atom. The van der Waals surface area contributed by atoms with Gasteiger partial charge in [0.05, 0.1) is 6.54 Å². The number of hydrogen-bond acceptors (Lipinski definition) is 1. The van der Waals surface area contributed by atoms with Crippen molar-refractivity contribution in [2.75, 3.05) is 4.90 Å². The molecular weight excluding hydrogens is 234 g/mol. The zero-order valence-electron chi connectivity index (χ0n) is 11.7. The normalized spacial score (nSPS) is 10.3. The molecule has 0 N–H and O–H groups in total. The second-order valence-corrected chi connectivity index (χ2v) is 4.83. The number of amides is 1. The lowest BCUT2D eigenvalue weighted by Crippen LogP contribution is -2.29. The predicted molar refractivity (Wildman–Crippen MR) is 79.2 cm³/mol. The van der Waals surface area contributed by atoms with E-state index in [0.29, 0.717) is 6.54 Å². The Bertz CT molecular complexity index is 555. The predicted octanol–water partition coefficient (Wildman–Crippen LogP) is 3.86. The van der Waals surface area contributed by atoms with E-state index in [1.807, 2.05) is 67.3 Å². The molecule has 0 aliphatic carbocycles. The van der Waals surface area contributed by atoms with Gasteiger partial charge in [-0.3, -0.25) is 4.79 Å². The van der Waals surface area contributed by atoms with Crippen LogP contribution >= 0.6 is 0 Å². The van der Waals surface area contributed by atoms with Gasteiger partial charge in [0.15, 0.2) is 0 Å². The summed E-state index contributed by atoms with van der Waals surface area (Å²) in [6.07, 6.45) is 0. The standard InChI is InChI=1S/C17H19NO/c1-13-8-7-9-14(2)17(13)18(15(3)19)12-16-10-5-4-6-11-16/h4-11H,12H2,1-3H3. The van der Waals surface area contributed by atoms with Gasteiger partial charge in [-0.15, -0.1) is 0 Å². The molecule has 0 spiro atoms. The molecule has 2 aromatic carbocycles. The van der Waals surface area contributed by atoms with Gasteiger partial charge in [-0.2, -0.15) is 0 Å². The lowest BCUT2D eigenvalue weighted by atomic mass is 10.1.